The van der Waals surface area contributed by atoms with Gasteiger partial charge in [0.15, 0.2) is 4.34 Å². The summed E-state index contributed by atoms with van der Waals surface area (Å²) in [5, 5.41) is 6.59. The Balaban J connectivity index is 2.06. The van der Waals surface area contributed by atoms with Gasteiger partial charge in [0.1, 0.15) is 5.03 Å². The molecule has 2 rings (SSSR count). The van der Waals surface area contributed by atoms with Crippen molar-refractivity contribution in [3.8, 4) is 0 Å². The molecule has 20 heavy (non-hydrogen) atoms. The molecule has 2 aromatic heterocycles. The highest BCUT2D eigenvalue weighted by Gasteiger charge is 2.10. The molecule has 0 atom stereocenters. The Bertz CT molecular complexity index is 585. The van der Waals surface area contributed by atoms with Gasteiger partial charge in [-0.05, 0) is 57.5 Å². The lowest BCUT2D eigenvalue weighted by molar-refractivity contribution is 0.424. The van der Waals surface area contributed by atoms with E-state index in [2.05, 4.69) is 54.4 Å². The SMILES string of the molecule is Cc1csc(Sc2ncc(CNC(C)(C)C)cc2C)n1. The predicted molar refractivity (Wildman–Crippen MR) is 86.5 cm³/mol. The molecule has 0 aliphatic heterocycles. The molecular weight excluding hydrogens is 286 g/mol. The normalized spacial score (nSPS) is 11.8. The Morgan fingerprint density at radius 3 is 2.60 bits per heavy atom. The van der Waals surface area contributed by atoms with Gasteiger partial charge in [0.2, 0.25) is 0 Å². The maximum atomic E-state index is 4.57. The fourth-order valence-electron chi connectivity index (χ4n) is 1.65. The number of aromatic nitrogens is 2. The molecule has 0 aliphatic carbocycles. The van der Waals surface area contributed by atoms with Gasteiger partial charge in [-0.1, -0.05) is 6.07 Å². The van der Waals surface area contributed by atoms with Crippen molar-refractivity contribution in [3.63, 3.8) is 0 Å². The molecule has 0 saturated carbocycles. The maximum absolute atomic E-state index is 4.57. The van der Waals surface area contributed by atoms with E-state index in [4.69, 9.17) is 0 Å². The molecule has 0 radical (unpaired) electrons. The van der Waals surface area contributed by atoms with Crippen LogP contribution < -0.4 is 5.32 Å². The highest BCUT2D eigenvalue weighted by atomic mass is 32.2. The summed E-state index contributed by atoms with van der Waals surface area (Å²) in [7, 11) is 0. The first-order valence-electron chi connectivity index (χ1n) is 6.64. The highest BCUT2D eigenvalue weighted by molar-refractivity contribution is 8.01. The molecule has 0 unspecified atom stereocenters. The molecule has 2 heterocycles. The monoisotopic (exact) mass is 307 g/mol. The van der Waals surface area contributed by atoms with E-state index in [1.165, 1.54) is 11.1 Å². The average Bonchev–Trinajstić information content (AvgIpc) is 2.74. The van der Waals surface area contributed by atoms with Crippen molar-refractivity contribution in [2.75, 3.05) is 0 Å². The third-order valence-electron chi connectivity index (χ3n) is 2.69. The van der Waals surface area contributed by atoms with Gasteiger partial charge < -0.3 is 5.32 Å². The molecule has 1 N–H and O–H groups in total. The minimum atomic E-state index is 0.125. The summed E-state index contributed by atoms with van der Waals surface area (Å²) in [6, 6.07) is 2.20. The smallest absolute Gasteiger partial charge is 0.156 e. The van der Waals surface area contributed by atoms with Crippen LogP contribution in [0.4, 0.5) is 0 Å². The number of nitrogens with one attached hydrogen (secondary N) is 1. The minimum Gasteiger partial charge on any atom is -0.308 e. The van der Waals surface area contributed by atoms with Crippen molar-refractivity contribution in [1.82, 2.24) is 15.3 Å². The van der Waals surface area contributed by atoms with Gasteiger partial charge in [0, 0.05) is 29.4 Å². The van der Waals surface area contributed by atoms with E-state index in [0.29, 0.717) is 0 Å². The van der Waals surface area contributed by atoms with E-state index in [9.17, 15) is 0 Å². The number of hydrogen-bond donors (Lipinski definition) is 1. The van der Waals surface area contributed by atoms with Gasteiger partial charge in [0.05, 0.1) is 0 Å². The lowest BCUT2D eigenvalue weighted by Crippen LogP contribution is -2.35. The molecule has 2 aromatic rings. The molecular formula is C15H21N3S2. The summed E-state index contributed by atoms with van der Waals surface area (Å²) in [5.41, 5.74) is 3.62. The van der Waals surface area contributed by atoms with Gasteiger partial charge in [-0.15, -0.1) is 11.3 Å². The second-order valence-corrected chi connectivity index (χ2v) is 8.02. The van der Waals surface area contributed by atoms with Crippen LogP contribution in [0, 0.1) is 13.8 Å². The summed E-state index contributed by atoms with van der Waals surface area (Å²) in [6.45, 7) is 11.5. The first kappa shape index (κ1) is 15.5. The summed E-state index contributed by atoms with van der Waals surface area (Å²) < 4.78 is 1.05. The van der Waals surface area contributed by atoms with Gasteiger partial charge in [-0.25, -0.2) is 9.97 Å². The van der Waals surface area contributed by atoms with Crippen LogP contribution >= 0.6 is 23.1 Å². The van der Waals surface area contributed by atoms with Crippen LogP contribution in [0.15, 0.2) is 27.0 Å². The van der Waals surface area contributed by atoms with Crippen LogP contribution in [0.5, 0.6) is 0 Å². The van der Waals surface area contributed by atoms with Gasteiger partial charge >= 0.3 is 0 Å². The Morgan fingerprint density at radius 2 is 2.05 bits per heavy atom. The third kappa shape index (κ3) is 4.58. The van der Waals surface area contributed by atoms with E-state index in [0.717, 1.165) is 21.6 Å². The lowest BCUT2D eigenvalue weighted by atomic mass is 10.1. The van der Waals surface area contributed by atoms with Gasteiger partial charge in [-0.2, -0.15) is 0 Å². The van der Waals surface area contributed by atoms with Crippen LogP contribution in [-0.4, -0.2) is 15.5 Å². The number of thiazole rings is 1. The van der Waals surface area contributed by atoms with Crippen molar-refractivity contribution in [1.29, 1.82) is 0 Å². The molecule has 0 fully saturated rings. The predicted octanol–water partition coefficient (Wildman–Crippen LogP) is 4.19. The summed E-state index contributed by atoms with van der Waals surface area (Å²) in [5.74, 6) is 0. The number of nitrogens with zero attached hydrogens (tertiary/aromatic N) is 2. The van der Waals surface area contributed by atoms with E-state index < -0.39 is 0 Å². The van der Waals surface area contributed by atoms with E-state index in [-0.39, 0.29) is 5.54 Å². The summed E-state index contributed by atoms with van der Waals surface area (Å²) >= 11 is 3.31. The molecule has 0 saturated heterocycles. The first-order chi connectivity index (χ1) is 9.33. The van der Waals surface area contributed by atoms with E-state index in [1.807, 2.05) is 13.1 Å². The largest absolute Gasteiger partial charge is 0.308 e. The molecule has 0 aliphatic rings. The quantitative estimate of drug-likeness (QED) is 0.919. The van der Waals surface area contributed by atoms with Crippen LogP contribution in [0.1, 0.15) is 37.6 Å². The molecule has 0 spiro atoms. The standard InChI is InChI=1S/C15H21N3S2/c1-10-6-12(8-17-15(3,4)5)7-16-13(10)20-14-18-11(2)9-19-14/h6-7,9,17H,8H2,1-5H3. The summed E-state index contributed by atoms with van der Waals surface area (Å²) in [6.07, 6.45) is 1.95. The fourth-order valence-corrected chi connectivity index (χ4v) is 3.43. The molecule has 0 bridgehead atoms. The zero-order chi connectivity index (χ0) is 14.8. The highest BCUT2D eigenvalue weighted by Crippen LogP contribution is 2.31. The van der Waals surface area contributed by atoms with Crippen LogP contribution in [-0.2, 0) is 6.54 Å². The van der Waals surface area contributed by atoms with Crippen molar-refractivity contribution in [2.45, 2.75) is 56.1 Å². The maximum Gasteiger partial charge on any atom is 0.156 e. The molecule has 0 aromatic carbocycles. The molecule has 3 nitrogen and oxygen atoms in total. The Labute approximate surface area is 129 Å². The Morgan fingerprint density at radius 1 is 1.30 bits per heavy atom. The number of hydrogen-bond acceptors (Lipinski definition) is 5. The summed E-state index contributed by atoms with van der Waals surface area (Å²) in [4.78, 5) is 9.04. The van der Waals surface area contributed by atoms with Crippen LogP contribution in [0.3, 0.4) is 0 Å². The second kappa shape index (κ2) is 6.24. The van der Waals surface area contributed by atoms with Crippen LogP contribution in [0.25, 0.3) is 0 Å². The number of aryl methyl sites for hydroxylation is 2. The van der Waals surface area contributed by atoms with E-state index >= 15 is 0 Å². The minimum absolute atomic E-state index is 0.125. The number of pyridine rings is 1. The van der Waals surface area contributed by atoms with Gasteiger partial charge in [0.25, 0.3) is 0 Å². The second-order valence-electron chi connectivity index (χ2n) is 5.93. The molecule has 5 heteroatoms. The average molecular weight is 307 g/mol. The van der Waals surface area contributed by atoms with Crippen molar-refractivity contribution in [3.05, 3.63) is 34.5 Å². The van der Waals surface area contributed by atoms with Gasteiger partial charge in [-0.3, -0.25) is 0 Å². The number of rotatable bonds is 4. The van der Waals surface area contributed by atoms with Crippen LogP contribution in [0.2, 0.25) is 0 Å². The molecule has 0 amide bonds. The van der Waals surface area contributed by atoms with Crippen molar-refractivity contribution >= 4 is 23.1 Å². The van der Waals surface area contributed by atoms with Crippen molar-refractivity contribution in [2.24, 2.45) is 0 Å². The Hall–Kier alpha value is -0.910. The zero-order valence-corrected chi connectivity index (χ0v) is 14.3. The molecule has 108 valence electrons. The van der Waals surface area contributed by atoms with Crippen molar-refractivity contribution < 1.29 is 0 Å². The first-order valence-corrected chi connectivity index (χ1v) is 8.34. The lowest BCUT2D eigenvalue weighted by Gasteiger charge is -2.20. The Kier molecular flexibility index (Phi) is 4.83. The third-order valence-corrected chi connectivity index (χ3v) is 4.87. The fraction of sp³-hybridized carbons (Fsp3) is 0.467. The topological polar surface area (TPSA) is 37.8 Å². The zero-order valence-electron chi connectivity index (χ0n) is 12.7. The van der Waals surface area contributed by atoms with E-state index in [1.54, 1.807) is 23.1 Å².